The van der Waals surface area contributed by atoms with Crippen molar-refractivity contribution in [1.29, 1.82) is 0 Å². The van der Waals surface area contributed by atoms with E-state index < -0.39 is 0 Å². The molecular weight excluding hydrogens is 386 g/mol. The molecule has 3 bridgehead atoms. The van der Waals surface area contributed by atoms with E-state index in [1.165, 1.54) is 51.4 Å². The largest absolute Gasteiger partial charge is 0.462 e. The van der Waals surface area contributed by atoms with Gasteiger partial charge in [0.1, 0.15) is 6.10 Å². The van der Waals surface area contributed by atoms with Crippen molar-refractivity contribution in [1.82, 2.24) is 5.32 Å². The summed E-state index contributed by atoms with van der Waals surface area (Å²) < 4.78 is 12.1. The van der Waals surface area contributed by atoms with Crippen LogP contribution in [0.4, 0.5) is 0 Å². The highest BCUT2D eigenvalue weighted by molar-refractivity contribution is 5.75. The van der Waals surface area contributed by atoms with E-state index in [1.807, 2.05) is 0 Å². The smallest absolute Gasteiger partial charge is 0.310 e. The summed E-state index contributed by atoms with van der Waals surface area (Å²) >= 11 is 0. The van der Waals surface area contributed by atoms with Gasteiger partial charge in [0.2, 0.25) is 0 Å². The number of carbonyl (C=O) groups is 1. The Hall–Kier alpha value is -0.610. The van der Waals surface area contributed by atoms with Gasteiger partial charge in [-0.3, -0.25) is 4.79 Å². The highest BCUT2D eigenvalue weighted by Crippen LogP contribution is 2.63. The van der Waals surface area contributed by atoms with Crippen molar-refractivity contribution in [2.24, 2.45) is 52.8 Å². The molecule has 12 atom stereocenters. The van der Waals surface area contributed by atoms with Crippen LogP contribution in [0.25, 0.3) is 0 Å². The fourth-order valence-electron chi connectivity index (χ4n) is 10.4. The lowest BCUT2D eigenvalue weighted by Gasteiger charge is -2.51. The number of nitrogens with one attached hydrogen (secondary N) is 1. The van der Waals surface area contributed by atoms with Crippen molar-refractivity contribution in [3.63, 3.8) is 0 Å². The maximum Gasteiger partial charge on any atom is 0.310 e. The molecule has 2 aliphatic heterocycles. The lowest BCUT2D eigenvalue weighted by molar-refractivity contribution is -0.147. The number of epoxide rings is 1. The van der Waals surface area contributed by atoms with Gasteiger partial charge in [-0.15, -0.1) is 0 Å². The number of carbonyl (C=O) groups excluding carboxylic acids is 1. The summed E-state index contributed by atoms with van der Waals surface area (Å²) in [4.78, 5) is 13.0. The van der Waals surface area contributed by atoms with Crippen LogP contribution >= 0.6 is 0 Å². The van der Waals surface area contributed by atoms with Crippen LogP contribution in [0.1, 0.15) is 78.1 Å². The van der Waals surface area contributed by atoms with Crippen LogP contribution in [0.3, 0.4) is 0 Å². The number of ether oxygens (including phenoxy) is 2. The minimum Gasteiger partial charge on any atom is -0.462 e. The number of hydrogen-bond acceptors (Lipinski definition) is 4. The van der Waals surface area contributed by atoms with Crippen LogP contribution in [-0.2, 0) is 14.3 Å². The van der Waals surface area contributed by atoms with E-state index >= 15 is 0 Å². The zero-order valence-electron chi connectivity index (χ0n) is 19.5. The second-order valence-electron chi connectivity index (χ2n) is 13.2. The normalized spacial score (nSPS) is 57.5. The zero-order chi connectivity index (χ0) is 21.0. The van der Waals surface area contributed by atoms with E-state index in [1.54, 1.807) is 0 Å². The van der Waals surface area contributed by atoms with Crippen LogP contribution < -0.4 is 5.32 Å². The van der Waals surface area contributed by atoms with Gasteiger partial charge in [0, 0.05) is 18.5 Å². The third kappa shape index (κ3) is 2.89. The topological polar surface area (TPSA) is 50.9 Å². The van der Waals surface area contributed by atoms with Crippen LogP contribution in [0.15, 0.2) is 0 Å². The summed E-state index contributed by atoms with van der Waals surface area (Å²) in [6.45, 7) is 6.64. The van der Waals surface area contributed by atoms with E-state index in [4.69, 9.17) is 9.47 Å². The van der Waals surface area contributed by atoms with Gasteiger partial charge >= 0.3 is 5.97 Å². The molecule has 0 unspecified atom stereocenters. The van der Waals surface area contributed by atoms with E-state index in [2.05, 4.69) is 19.2 Å². The molecule has 31 heavy (non-hydrogen) atoms. The molecule has 4 nitrogen and oxygen atoms in total. The van der Waals surface area contributed by atoms with E-state index in [0.717, 1.165) is 55.6 Å². The Morgan fingerprint density at radius 3 is 2.74 bits per heavy atom. The fourth-order valence-corrected chi connectivity index (χ4v) is 10.4. The van der Waals surface area contributed by atoms with Gasteiger partial charge in [-0.2, -0.15) is 0 Å². The van der Waals surface area contributed by atoms with Gasteiger partial charge < -0.3 is 14.8 Å². The Kier molecular flexibility index (Phi) is 4.29. The summed E-state index contributed by atoms with van der Waals surface area (Å²) in [7, 11) is 0. The van der Waals surface area contributed by atoms with Crippen molar-refractivity contribution in [2.75, 3.05) is 13.2 Å². The SMILES string of the molecule is C[C@H](NC[C@H]1C(=O)O[C@@H]2C[C@@]3(C)CCC[C@]4(CO4)[C@@H]3C[C@@H]21)[C@H]1[C@@H]2CC[C@H]3C[C@@H](C2)C[C@@H]31. The van der Waals surface area contributed by atoms with Gasteiger partial charge in [0.05, 0.1) is 18.1 Å². The van der Waals surface area contributed by atoms with Crippen LogP contribution in [0.5, 0.6) is 0 Å². The first-order valence-corrected chi connectivity index (χ1v) is 13.5. The van der Waals surface area contributed by atoms with Gasteiger partial charge in [-0.25, -0.2) is 0 Å². The second kappa shape index (κ2) is 6.72. The molecule has 4 heteroatoms. The fraction of sp³-hybridized carbons (Fsp3) is 0.963. The maximum absolute atomic E-state index is 13.0. The molecule has 1 N–H and O–H groups in total. The standard InChI is InChI=1S/C27H41NO3/c1-15(24-18-5-4-17-8-16(9-18)10-19(17)24)28-13-21-20-11-23-26(2,12-22(20)31-25(21)29)6-3-7-27(23)14-30-27/h15-24,28H,3-14H2,1-2H3/t15-,16-,17-,18+,19-,20+,21+,22+,23+,24-,26+,27-/m0/s1. The molecule has 1 spiro atoms. The molecule has 7 rings (SSSR count). The Morgan fingerprint density at radius 2 is 1.90 bits per heavy atom. The van der Waals surface area contributed by atoms with E-state index in [9.17, 15) is 4.79 Å². The molecule has 0 aromatic rings. The first kappa shape index (κ1) is 19.8. The van der Waals surface area contributed by atoms with Gasteiger partial charge in [-0.1, -0.05) is 6.92 Å². The zero-order valence-corrected chi connectivity index (χ0v) is 19.5. The number of esters is 1. The summed E-state index contributed by atoms with van der Waals surface area (Å²) in [5.74, 6) is 5.88. The molecule has 5 saturated carbocycles. The Balaban J connectivity index is 1.05. The first-order chi connectivity index (χ1) is 15.0. The van der Waals surface area contributed by atoms with E-state index in [-0.39, 0.29) is 23.6 Å². The minimum absolute atomic E-state index is 0.0480. The summed E-state index contributed by atoms with van der Waals surface area (Å²) in [5, 5.41) is 3.91. The molecule has 0 amide bonds. The first-order valence-electron chi connectivity index (χ1n) is 13.5. The third-order valence-electron chi connectivity index (χ3n) is 11.7. The number of rotatable bonds is 4. The van der Waals surface area contributed by atoms with Gasteiger partial charge in [0.25, 0.3) is 0 Å². The van der Waals surface area contributed by atoms with Crippen molar-refractivity contribution in [3.8, 4) is 0 Å². The minimum atomic E-state index is 0.0480. The molecule has 0 radical (unpaired) electrons. The van der Waals surface area contributed by atoms with E-state index in [0.29, 0.717) is 23.3 Å². The third-order valence-corrected chi connectivity index (χ3v) is 11.7. The highest BCUT2D eigenvalue weighted by Gasteiger charge is 2.65. The molecule has 0 aromatic carbocycles. The molecule has 2 heterocycles. The van der Waals surface area contributed by atoms with Crippen molar-refractivity contribution >= 4 is 5.97 Å². The quantitative estimate of drug-likeness (QED) is 0.528. The lowest BCUT2D eigenvalue weighted by atomic mass is 9.53. The summed E-state index contributed by atoms with van der Waals surface area (Å²) in [5.41, 5.74) is 0.446. The predicted octanol–water partition coefficient (Wildman–Crippen LogP) is 4.56. The molecule has 7 fully saturated rings. The average molecular weight is 428 g/mol. The Labute approximate surface area is 187 Å². The van der Waals surface area contributed by atoms with Crippen LogP contribution in [0.2, 0.25) is 0 Å². The highest BCUT2D eigenvalue weighted by atomic mass is 16.6. The lowest BCUT2D eigenvalue weighted by Crippen LogP contribution is -2.52. The summed E-state index contributed by atoms with van der Waals surface area (Å²) in [6, 6.07) is 0.533. The predicted molar refractivity (Wildman–Crippen MR) is 118 cm³/mol. The number of hydrogen-bond donors (Lipinski definition) is 1. The van der Waals surface area contributed by atoms with Gasteiger partial charge in [-0.05, 0) is 112 Å². The molecule has 7 aliphatic rings. The molecule has 172 valence electrons. The summed E-state index contributed by atoms with van der Waals surface area (Å²) in [6.07, 6.45) is 13.5. The number of fused-ring (bicyclic) bond motifs is 5. The van der Waals surface area contributed by atoms with Crippen molar-refractivity contribution in [3.05, 3.63) is 0 Å². The van der Waals surface area contributed by atoms with Crippen molar-refractivity contribution < 1.29 is 14.3 Å². The maximum atomic E-state index is 13.0. The average Bonchev–Trinajstić information content (AvgIpc) is 3.37. The van der Waals surface area contributed by atoms with Crippen molar-refractivity contribution in [2.45, 2.75) is 95.8 Å². The van der Waals surface area contributed by atoms with Crippen LogP contribution in [0, 0.1) is 52.8 Å². The molecule has 2 saturated heterocycles. The van der Waals surface area contributed by atoms with Crippen LogP contribution in [-0.4, -0.2) is 36.9 Å². The molecular formula is C27H41NO3. The van der Waals surface area contributed by atoms with Gasteiger partial charge in [0.15, 0.2) is 0 Å². The monoisotopic (exact) mass is 427 g/mol. The second-order valence-corrected chi connectivity index (χ2v) is 13.2. The molecule has 5 aliphatic carbocycles. The molecule has 0 aromatic heterocycles. The Bertz CT molecular complexity index is 764. The Morgan fingerprint density at radius 1 is 1.10 bits per heavy atom.